The highest BCUT2D eigenvalue weighted by Gasteiger charge is 2.19. The molecule has 0 unspecified atom stereocenters. The summed E-state index contributed by atoms with van der Waals surface area (Å²) >= 11 is 0. The first-order chi connectivity index (χ1) is 7.84. The van der Waals surface area contributed by atoms with E-state index in [1.165, 1.54) is 6.33 Å². The summed E-state index contributed by atoms with van der Waals surface area (Å²) in [6, 6.07) is 5.91. The number of aromatic amines is 1. The highest BCUT2D eigenvalue weighted by molar-refractivity contribution is 5.98. The minimum atomic E-state index is 0.0551. The molecular formula is C11H10N4O. The van der Waals surface area contributed by atoms with Crippen molar-refractivity contribution < 1.29 is 4.79 Å². The zero-order chi connectivity index (χ0) is 11.0. The maximum Gasteiger partial charge on any atom is 0.224 e. The summed E-state index contributed by atoms with van der Waals surface area (Å²) in [7, 11) is 0. The van der Waals surface area contributed by atoms with Crippen molar-refractivity contribution in [3.8, 4) is 11.4 Å². The largest absolute Gasteiger partial charge is 0.325 e. The number of hydrogen-bond donors (Lipinski definition) is 2. The fourth-order valence-corrected chi connectivity index (χ4v) is 1.94. The number of carbonyl (C=O) groups is 1. The van der Waals surface area contributed by atoms with Crippen LogP contribution in [0.2, 0.25) is 0 Å². The fourth-order valence-electron chi connectivity index (χ4n) is 1.94. The van der Waals surface area contributed by atoms with Crippen molar-refractivity contribution >= 4 is 11.6 Å². The minimum Gasteiger partial charge on any atom is -0.325 e. The third kappa shape index (κ3) is 1.37. The summed E-state index contributed by atoms with van der Waals surface area (Å²) in [6.07, 6.45) is 2.79. The van der Waals surface area contributed by atoms with Crippen molar-refractivity contribution in [3.05, 3.63) is 30.1 Å². The van der Waals surface area contributed by atoms with E-state index in [0.717, 1.165) is 23.2 Å². The van der Waals surface area contributed by atoms with E-state index in [1.54, 1.807) is 0 Å². The summed E-state index contributed by atoms with van der Waals surface area (Å²) in [4.78, 5) is 15.5. The first kappa shape index (κ1) is 9.08. The number of nitrogens with one attached hydrogen (secondary N) is 2. The standard InChI is InChI=1S/C11H10N4O/c16-9-5-4-7-2-1-3-8(10(7)14-9)11-12-6-13-15-11/h1-3,6H,4-5H2,(H,14,16)(H,12,13,15). The Balaban J connectivity index is 2.16. The molecule has 1 aliphatic rings. The molecule has 0 radical (unpaired) electrons. The van der Waals surface area contributed by atoms with Crippen molar-refractivity contribution in [2.45, 2.75) is 12.8 Å². The second kappa shape index (κ2) is 3.44. The van der Waals surface area contributed by atoms with Crippen LogP contribution in [0.25, 0.3) is 11.4 Å². The van der Waals surface area contributed by atoms with Crippen LogP contribution >= 0.6 is 0 Å². The number of aromatic nitrogens is 3. The number of para-hydroxylation sites is 1. The second-order valence-electron chi connectivity index (χ2n) is 3.72. The molecule has 3 rings (SSSR count). The lowest BCUT2D eigenvalue weighted by Gasteiger charge is -2.18. The van der Waals surface area contributed by atoms with E-state index in [1.807, 2.05) is 18.2 Å². The molecule has 0 saturated heterocycles. The van der Waals surface area contributed by atoms with E-state index in [2.05, 4.69) is 20.5 Å². The first-order valence-corrected chi connectivity index (χ1v) is 5.12. The molecule has 2 N–H and O–H groups in total. The molecule has 0 spiro atoms. The number of fused-ring (bicyclic) bond motifs is 1. The number of benzene rings is 1. The molecular weight excluding hydrogens is 204 g/mol. The molecule has 2 aromatic rings. The summed E-state index contributed by atoms with van der Waals surface area (Å²) in [5.74, 6) is 0.735. The number of carbonyl (C=O) groups excluding carboxylic acids is 1. The van der Waals surface area contributed by atoms with Gasteiger partial charge >= 0.3 is 0 Å². The molecule has 0 bridgehead atoms. The minimum absolute atomic E-state index is 0.0551. The second-order valence-corrected chi connectivity index (χ2v) is 3.72. The molecule has 1 aromatic heterocycles. The third-order valence-electron chi connectivity index (χ3n) is 2.71. The topological polar surface area (TPSA) is 70.7 Å². The first-order valence-electron chi connectivity index (χ1n) is 5.12. The van der Waals surface area contributed by atoms with Crippen molar-refractivity contribution in [2.24, 2.45) is 0 Å². The van der Waals surface area contributed by atoms with Crippen LogP contribution in [0, 0.1) is 0 Å². The highest BCUT2D eigenvalue weighted by Crippen LogP contribution is 2.31. The van der Waals surface area contributed by atoms with Gasteiger partial charge in [-0.3, -0.25) is 9.89 Å². The van der Waals surface area contributed by atoms with E-state index in [4.69, 9.17) is 0 Å². The van der Waals surface area contributed by atoms with Crippen LogP contribution in [0.15, 0.2) is 24.5 Å². The Labute approximate surface area is 91.9 Å². The number of hydrogen-bond acceptors (Lipinski definition) is 3. The van der Waals surface area contributed by atoms with Gasteiger partial charge in [0.1, 0.15) is 6.33 Å². The Hall–Kier alpha value is -2.17. The molecule has 0 aliphatic carbocycles. The van der Waals surface area contributed by atoms with Crippen LogP contribution < -0.4 is 5.32 Å². The predicted molar refractivity (Wildman–Crippen MR) is 58.8 cm³/mol. The maximum atomic E-state index is 11.4. The summed E-state index contributed by atoms with van der Waals surface area (Å²) in [6.45, 7) is 0. The molecule has 0 atom stereocenters. The van der Waals surface area contributed by atoms with Gasteiger partial charge in [0.05, 0.1) is 5.69 Å². The summed E-state index contributed by atoms with van der Waals surface area (Å²) in [5, 5.41) is 9.51. The molecule has 5 nitrogen and oxygen atoms in total. The smallest absolute Gasteiger partial charge is 0.224 e. The van der Waals surface area contributed by atoms with Gasteiger partial charge in [-0.25, -0.2) is 4.98 Å². The Morgan fingerprint density at radius 2 is 2.19 bits per heavy atom. The number of anilines is 1. The number of rotatable bonds is 1. The quantitative estimate of drug-likeness (QED) is 0.752. The van der Waals surface area contributed by atoms with Crippen LogP contribution in [-0.4, -0.2) is 21.1 Å². The van der Waals surface area contributed by atoms with Gasteiger partial charge in [0.2, 0.25) is 5.91 Å². The van der Waals surface area contributed by atoms with Crippen LogP contribution in [0.1, 0.15) is 12.0 Å². The van der Waals surface area contributed by atoms with Gasteiger partial charge in [-0.1, -0.05) is 12.1 Å². The van der Waals surface area contributed by atoms with Crippen LogP contribution in [0.5, 0.6) is 0 Å². The number of aryl methyl sites for hydroxylation is 1. The lowest BCUT2D eigenvalue weighted by atomic mass is 9.99. The monoisotopic (exact) mass is 214 g/mol. The number of amides is 1. The third-order valence-corrected chi connectivity index (χ3v) is 2.71. The Kier molecular flexibility index (Phi) is 1.96. The zero-order valence-electron chi connectivity index (χ0n) is 8.53. The average Bonchev–Trinajstić information content (AvgIpc) is 2.81. The van der Waals surface area contributed by atoms with Gasteiger partial charge in [0.25, 0.3) is 0 Å². The van der Waals surface area contributed by atoms with Gasteiger partial charge in [0, 0.05) is 12.0 Å². The van der Waals surface area contributed by atoms with E-state index < -0.39 is 0 Å². The van der Waals surface area contributed by atoms with Crippen LogP contribution in [-0.2, 0) is 11.2 Å². The Morgan fingerprint density at radius 1 is 1.25 bits per heavy atom. The molecule has 1 amide bonds. The Morgan fingerprint density at radius 3 is 3.00 bits per heavy atom. The van der Waals surface area contributed by atoms with E-state index in [9.17, 15) is 4.79 Å². The molecule has 5 heteroatoms. The van der Waals surface area contributed by atoms with Crippen molar-refractivity contribution in [1.82, 2.24) is 15.2 Å². The summed E-state index contributed by atoms with van der Waals surface area (Å²) < 4.78 is 0. The molecule has 1 aromatic carbocycles. The van der Waals surface area contributed by atoms with Gasteiger partial charge in [-0.05, 0) is 18.1 Å². The lowest BCUT2D eigenvalue weighted by molar-refractivity contribution is -0.116. The maximum absolute atomic E-state index is 11.4. The van der Waals surface area contributed by atoms with E-state index >= 15 is 0 Å². The predicted octanol–water partition coefficient (Wildman–Crippen LogP) is 1.36. The van der Waals surface area contributed by atoms with Gasteiger partial charge in [0.15, 0.2) is 5.82 Å². The van der Waals surface area contributed by atoms with E-state index in [-0.39, 0.29) is 5.91 Å². The molecule has 2 heterocycles. The molecule has 16 heavy (non-hydrogen) atoms. The molecule has 0 saturated carbocycles. The lowest BCUT2D eigenvalue weighted by Crippen LogP contribution is -2.19. The SMILES string of the molecule is O=C1CCc2cccc(-c3ncn[nH]3)c2N1. The van der Waals surface area contributed by atoms with Gasteiger partial charge in [-0.2, -0.15) is 5.10 Å². The van der Waals surface area contributed by atoms with E-state index in [0.29, 0.717) is 12.2 Å². The summed E-state index contributed by atoms with van der Waals surface area (Å²) in [5.41, 5.74) is 2.90. The zero-order valence-corrected chi connectivity index (χ0v) is 8.53. The Bertz CT molecular complexity index is 533. The normalized spacial score (nSPS) is 14.4. The van der Waals surface area contributed by atoms with Crippen molar-refractivity contribution in [3.63, 3.8) is 0 Å². The number of nitrogens with zero attached hydrogens (tertiary/aromatic N) is 2. The van der Waals surface area contributed by atoms with Gasteiger partial charge in [-0.15, -0.1) is 0 Å². The average molecular weight is 214 g/mol. The van der Waals surface area contributed by atoms with Crippen LogP contribution in [0.4, 0.5) is 5.69 Å². The van der Waals surface area contributed by atoms with Gasteiger partial charge < -0.3 is 5.32 Å². The van der Waals surface area contributed by atoms with Crippen molar-refractivity contribution in [1.29, 1.82) is 0 Å². The fraction of sp³-hybridized carbons (Fsp3) is 0.182. The van der Waals surface area contributed by atoms with Crippen LogP contribution in [0.3, 0.4) is 0 Å². The molecule has 0 fully saturated rings. The number of H-pyrrole nitrogens is 1. The highest BCUT2D eigenvalue weighted by atomic mass is 16.1. The molecule has 1 aliphatic heterocycles. The van der Waals surface area contributed by atoms with Crippen molar-refractivity contribution in [2.75, 3.05) is 5.32 Å². The molecule has 80 valence electrons.